The monoisotopic (exact) mass is 229 g/mol. The highest BCUT2D eigenvalue weighted by atomic mass is 15.1. The molecule has 0 amide bonds. The van der Waals surface area contributed by atoms with Gasteiger partial charge in [-0.15, -0.1) is 0 Å². The molecule has 1 heterocycles. The lowest BCUT2D eigenvalue weighted by Gasteiger charge is -2.07. The van der Waals surface area contributed by atoms with Gasteiger partial charge in [-0.05, 0) is 24.1 Å². The SMILES string of the molecule is CCc1cccc(Nc2cc(N)nc(N)n2)c1. The number of rotatable bonds is 3. The number of benzene rings is 1. The molecule has 0 fully saturated rings. The van der Waals surface area contributed by atoms with Crippen molar-refractivity contribution in [3.05, 3.63) is 35.9 Å². The minimum Gasteiger partial charge on any atom is -0.383 e. The van der Waals surface area contributed by atoms with Crippen molar-refractivity contribution >= 4 is 23.3 Å². The largest absolute Gasteiger partial charge is 0.383 e. The molecule has 5 nitrogen and oxygen atoms in total. The maximum Gasteiger partial charge on any atom is 0.223 e. The van der Waals surface area contributed by atoms with E-state index in [1.165, 1.54) is 5.56 Å². The van der Waals surface area contributed by atoms with Crippen molar-refractivity contribution in [2.45, 2.75) is 13.3 Å². The Morgan fingerprint density at radius 3 is 2.71 bits per heavy atom. The predicted molar refractivity (Wildman–Crippen MR) is 70.0 cm³/mol. The van der Waals surface area contributed by atoms with Crippen molar-refractivity contribution in [2.24, 2.45) is 0 Å². The van der Waals surface area contributed by atoms with Gasteiger partial charge >= 0.3 is 0 Å². The Hall–Kier alpha value is -2.30. The lowest BCUT2D eigenvalue weighted by molar-refractivity contribution is 1.14. The highest BCUT2D eigenvalue weighted by Gasteiger charge is 2.00. The molecule has 1 aromatic carbocycles. The normalized spacial score (nSPS) is 10.2. The lowest BCUT2D eigenvalue weighted by Crippen LogP contribution is -2.03. The second-order valence-corrected chi connectivity index (χ2v) is 3.72. The minimum absolute atomic E-state index is 0.166. The van der Waals surface area contributed by atoms with Gasteiger partial charge in [0, 0.05) is 11.8 Å². The molecule has 0 aliphatic heterocycles. The van der Waals surface area contributed by atoms with Gasteiger partial charge in [0.25, 0.3) is 0 Å². The van der Waals surface area contributed by atoms with Crippen molar-refractivity contribution in [2.75, 3.05) is 16.8 Å². The minimum atomic E-state index is 0.166. The van der Waals surface area contributed by atoms with Crippen LogP contribution in [0, 0.1) is 0 Å². The first-order valence-corrected chi connectivity index (χ1v) is 5.43. The first-order valence-electron chi connectivity index (χ1n) is 5.43. The van der Waals surface area contributed by atoms with Gasteiger partial charge in [0.15, 0.2) is 0 Å². The van der Waals surface area contributed by atoms with Crippen LogP contribution in [-0.4, -0.2) is 9.97 Å². The van der Waals surface area contributed by atoms with E-state index in [0.29, 0.717) is 11.6 Å². The smallest absolute Gasteiger partial charge is 0.223 e. The van der Waals surface area contributed by atoms with Crippen LogP contribution in [0.25, 0.3) is 0 Å². The van der Waals surface area contributed by atoms with Crippen molar-refractivity contribution in [1.29, 1.82) is 0 Å². The quantitative estimate of drug-likeness (QED) is 0.748. The molecule has 0 aliphatic rings. The Kier molecular flexibility index (Phi) is 3.09. The number of hydrogen-bond donors (Lipinski definition) is 3. The van der Waals surface area contributed by atoms with Crippen molar-refractivity contribution in [1.82, 2.24) is 9.97 Å². The second kappa shape index (κ2) is 4.69. The number of nitrogen functional groups attached to an aromatic ring is 2. The third-order valence-electron chi connectivity index (χ3n) is 2.37. The van der Waals surface area contributed by atoms with Crippen LogP contribution >= 0.6 is 0 Å². The number of nitrogens with zero attached hydrogens (tertiary/aromatic N) is 2. The fourth-order valence-corrected chi connectivity index (χ4v) is 1.57. The maximum atomic E-state index is 5.60. The summed E-state index contributed by atoms with van der Waals surface area (Å²) < 4.78 is 0. The first-order chi connectivity index (χ1) is 8.17. The van der Waals surface area contributed by atoms with Crippen LogP contribution in [0.15, 0.2) is 30.3 Å². The van der Waals surface area contributed by atoms with Crippen LogP contribution in [-0.2, 0) is 6.42 Å². The van der Waals surface area contributed by atoms with Crippen molar-refractivity contribution in [3.8, 4) is 0 Å². The van der Waals surface area contributed by atoms with Crippen LogP contribution < -0.4 is 16.8 Å². The van der Waals surface area contributed by atoms with Gasteiger partial charge in [-0.3, -0.25) is 0 Å². The van der Waals surface area contributed by atoms with Gasteiger partial charge in [-0.25, -0.2) is 0 Å². The summed E-state index contributed by atoms with van der Waals surface area (Å²) in [6.07, 6.45) is 0.990. The first kappa shape index (κ1) is 11.2. The average Bonchev–Trinajstić information content (AvgIpc) is 2.28. The summed E-state index contributed by atoms with van der Waals surface area (Å²) in [6.45, 7) is 2.11. The summed E-state index contributed by atoms with van der Waals surface area (Å²) >= 11 is 0. The third kappa shape index (κ3) is 2.84. The Morgan fingerprint density at radius 2 is 2.00 bits per heavy atom. The zero-order valence-electron chi connectivity index (χ0n) is 9.64. The summed E-state index contributed by atoms with van der Waals surface area (Å²) in [5.41, 5.74) is 13.3. The summed E-state index contributed by atoms with van der Waals surface area (Å²) in [5.74, 6) is 1.12. The Labute approximate surface area is 99.9 Å². The summed E-state index contributed by atoms with van der Waals surface area (Å²) in [5, 5.41) is 3.15. The van der Waals surface area contributed by atoms with Crippen LogP contribution in [0.3, 0.4) is 0 Å². The Morgan fingerprint density at radius 1 is 1.18 bits per heavy atom. The number of hydrogen-bond acceptors (Lipinski definition) is 5. The molecule has 17 heavy (non-hydrogen) atoms. The Balaban J connectivity index is 2.24. The number of nitrogens with one attached hydrogen (secondary N) is 1. The predicted octanol–water partition coefficient (Wildman–Crippen LogP) is 1.95. The fourth-order valence-electron chi connectivity index (χ4n) is 1.57. The topological polar surface area (TPSA) is 89.8 Å². The van der Waals surface area contributed by atoms with Crippen LogP contribution in [0.1, 0.15) is 12.5 Å². The zero-order valence-corrected chi connectivity index (χ0v) is 9.64. The van der Waals surface area contributed by atoms with Gasteiger partial charge in [-0.2, -0.15) is 9.97 Å². The van der Waals surface area contributed by atoms with E-state index in [-0.39, 0.29) is 5.95 Å². The van der Waals surface area contributed by atoms with Gasteiger partial charge in [0.05, 0.1) is 0 Å². The molecule has 0 unspecified atom stereocenters. The molecule has 0 atom stereocenters. The molecule has 0 spiro atoms. The van der Waals surface area contributed by atoms with Gasteiger partial charge < -0.3 is 16.8 Å². The molecule has 0 aliphatic carbocycles. The standard InChI is InChI=1S/C12H15N5/c1-2-8-4-3-5-9(6-8)15-11-7-10(13)16-12(14)17-11/h3-7H,2H2,1H3,(H5,13,14,15,16,17). The molecule has 0 bridgehead atoms. The number of aromatic nitrogens is 2. The number of nitrogens with two attached hydrogens (primary N) is 2. The molecule has 5 N–H and O–H groups in total. The maximum absolute atomic E-state index is 5.60. The second-order valence-electron chi connectivity index (χ2n) is 3.72. The Bertz CT molecular complexity index is 504. The summed E-state index contributed by atoms with van der Waals surface area (Å²) in [4.78, 5) is 7.87. The van der Waals surface area contributed by atoms with E-state index in [0.717, 1.165) is 12.1 Å². The van der Waals surface area contributed by atoms with E-state index in [2.05, 4.69) is 34.3 Å². The molecule has 2 aromatic rings. The third-order valence-corrected chi connectivity index (χ3v) is 2.37. The molecule has 5 heteroatoms. The van der Waals surface area contributed by atoms with E-state index in [1.807, 2.05) is 12.1 Å². The zero-order chi connectivity index (χ0) is 12.3. The number of aryl methyl sites for hydroxylation is 1. The van der Waals surface area contributed by atoms with Crippen LogP contribution in [0.4, 0.5) is 23.3 Å². The average molecular weight is 229 g/mol. The van der Waals surface area contributed by atoms with Gasteiger partial charge in [0.2, 0.25) is 5.95 Å². The number of anilines is 4. The van der Waals surface area contributed by atoms with Crippen LogP contribution in [0.2, 0.25) is 0 Å². The lowest BCUT2D eigenvalue weighted by atomic mass is 10.1. The van der Waals surface area contributed by atoms with Crippen molar-refractivity contribution < 1.29 is 0 Å². The summed E-state index contributed by atoms with van der Waals surface area (Å²) in [7, 11) is 0. The molecule has 88 valence electrons. The molecular formula is C12H15N5. The van der Waals surface area contributed by atoms with E-state index in [1.54, 1.807) is 6.07 Å². The fraction of sp³-hybridized carbons (Fsp3) is 0.167. The van der Waals surface area contributed by atoms with Crippen LogP contribution in [0.5, 0.6) is 0 Å². The highest BCUT2D eigenvalue weighted by molar-refractivity contribution is 5.60. The molecule has 2 rings (SSSR count). The molecular weight excluding hydrogens is 214 g/mol. The van der Waals surface area contributed by atoms with E-state index in [4.69, 9.17) is 11.5 Å². The highest BCUT2D eigenvalue weighted by Crippen LogP contribution is 2.18. The van der Waals surface area contributed by atoms with E-state index < -0.39 is 0 Å². The van der Waals surface area contributed by atoms with Gasteiger partial charge in [0.1, 0.15) is 11.6 Å². The van der Waals surface area contributed by atoms with Crippen molar-refractivity contribution in [3.63, 3.8) is 0 Å². The molecule has 0 saturated carbocycles. The van der Waals surface area contributed by atoms with Gasteiger partial charge in [-0.1, -0.05) is 19.1 Å². The summed E-state index contributed by atoms with van der Waals surface area (Å²) in [6, 6.07) is 9.75. The molecule has 0 saturated heterocycles. The van der Waals surface area contributed by atoms with E-state index >= 15 is 0 Å². The van der Waals surface area contributed by atoms with E-state index in [9.17, 15) is 0 Å². The molecule has 1 aromatic heterocycles. The molecule has 0 radical (unpaired) electrons.